The predicted molar refractivity (Wildman–Crippen MR) is 31.2 cm³/mol. The summed E-state index contributed by atoms with van der Waals surface area (Å²) in [6, 6.07) is 0.684. The maximum Gasteiger partial charge on any atom is 0.0946 e. The van der Waals surface area contributed by atoms with Crippen LogP contribution in [0.4, 0.5) is 0 Å². The molecule has 8 heavy (non-hydrogen) atoms. The third kappa shape index (κ3) is 1.46. The van der Waals surface area contributed by atoms with Crippen LogP contribution in [0.3, 0.4) is 0 Å². The van der Waals surface area contributed by atoms with E-state index in [1.165, 1.54) is 19.3 Å². The minimum absolute atomic E-state index is 0.0243. The largest absolute Gasteiger partial charge is 0.312 e. The quantitative estimate of drug-likeness (QED) is 0.571. The number of nitrogens with one attached hydrogen (secondary N) is 1. The Hall–Kier alpha value is -0.0800. The van der Waals surface area contributed by atoms with Crippen LogP contribution >= 0.6 is 0 Å². The van der Waals surface area contributed by atoms with Crippen LogP contribution in [0.25, 0.3) is 0 Å². The van der Waals surface area contributed by atoms with Crippen LogP contribution in [0.15, 0.2) is 0 Å². The molecule has 0 saturated heterocycles. The molecule has 2 heteroatoms. The van der Waals surface area contributed by atoms with E-state index >= 15 is 0 Å². The van der Waals surface area contributed by atoms with Crippen LogP contribution in [0, 0.1) is 0 Å². The van der Waals surface area contributed by atoms with Gasteiger partial charge in [0.1, 0.15) is 0 Å². The Bertz CT molecular complexity index is 61.5. The molecule has 1 rings (SSSR count). The Morgan fingerprint density at radius 1 is 1.50 bits per heavy atom. The van der Waals surface area contributed by atoms with Crippen molar-refractivity contribution < 1.29 is 5.11 Å². The van der Waals surface area contributed by atoms with Crippen molar-refractivity contribution >= 4 is 0 Å². The third-order valence-corrected chi connectivity index (χ3v) is 1.64. The van der Waals surface area contributed by atoms with Crippen molar-refractivity contribution in [2.24, 2.45) is 0 Å². The number of rotatable bonds is 3. The van der Waals surface area contributed by atoms with Gasteiger partial charge in [-0.1, -0.05) is 6.42 Å². The SMILES string of the molecule is [O]CCNC1CCC1. The monoisotopic (exact) mass is 114 g/mol. The van der Waals surface area contributed by atoms with Gasteiger partial charge in [-0.2, -0.15) is 0 Å². The van der Waals surface area contributed by atoms with Crippen LogP contribution in [-0.2, 0) is 5.11 Å². The van der Waals surface area contributed by atoms with Gasteiger partial charge >= 0.3 is 0 Å². The van der Waals surface area contributed by atoms with Crippen molar-refractivity contribution in [3.63, 3.8) is 0 Å². The normalized spacial score (nSPS) is 20.6. The predicted octanol–water partition coefficient (Wildman–Crippen LogP) is 0.559. The molecular weight excluding hydrogens is 102 g/mol. The first-order valence-electron chi connectivity index (χ1n) is 3.25. The molecule has 0 atom stereocenters. The van der Waals surface area contributed by atoms with Crippen molar-refractivity contribution in [3.8, 4) is 0 Å². The summed E-state index contributed by atoms with van der Waals surface area (Å²) in [6.45, 7) is 0.682. The molecular formula is C6H12NO. The molecule has 0 bridgehead atoms. The van der Waals surface area contributed by atoms with E-state index in [0.29, 0.717) is 12.6 Å². The lowest BCUT2D eigenvalue weighted by Gasteiger charge is -2.25. The summed E-state index contributed by atoms with van der Waals surface area (Å²) in [4.78, 5) is 0. The molecule has 0 aliphatic heterocycles. The Morgan fingerprint density at radius 3 is 2.62 bits per heavy atom. The van der Waals surface area contributed by atoms with E-state index in [9.17, 15) is 5.11 Å². The highest BCUT2D eigenvalue weighted by Crippen LogP contribution is 2.17. The first-order chi connectivity index (χ1) is 3.93. The Morgan fingerprint density at radius 2 is 2.25 bits per heavy atom. The van der Waals surface area contributed by atoms with E-state index < -0.39 is 0 Å². The molecule has 2 nitrogen and oxygen atoms in total. The molecule has 1 aliphatic rings. The molecule has 0 unspecified atom stereocenters. The van der Waals surface area contributed by atoms with Crippen LogP contribution in [0.2, 0.25) is 0 Å². The number of hydrogen-bond acceptors (Lipinski definition) is 1. The summed E-state index contributed by atoms with van der Waals surface area (Å²) >= 11 is 0. The second kappa shape index (κ2) is 3.05. The van der Waals surface area contributed by atoms with Gasteiger partial charge in [-0.05, 0) is 12.8 Å². The molecule has 0 amide bonds. The zero-order chi connectivity index (χ0) is 5.82. The fourth-order valence-corrected chi connectivity index (χ4v) is 0.875. The molecule has 0 aromatic rings. The molecule has 1 radical (unpaired) electrons. The van der Waals surface area contributed by atoms with E-state index in [2.05, 4.69) is 5.32 Å². The molecule has 1 fully saturated rings. The van der Waals surface area contributed by atoms with E-state index in [1.807, 2.05) is 0 Å². The van der Waals surface area contributed by atoms with Gasteiger partial charge < -0.3 is 5.32 Å². The van der Waals surface area contributed by atoms with Gasteiger partial charge in [0.2, 0.25) is 0 Å². The average Bonchev–Trinajstić information content (AvgIpc) is 1.63. The van der Waals surface area contributed by atoms with E-state index in [0.717, 1.165) is 0 Å². The Balaban J connectivity index is 1.86. The molecule has 0 aromatic carbocycles. The van der Waals surface area contributed by atoms with E-state index in [1.54, 1.807) is 0 Å². The zero-order valence-electron chi connectivity index (χ0n) is 5.02. The Kier molecular flexibility index (Phi) is 2.30. The van der Waals surface area contributed by atoms with Gasteiger partial charge in [-0.3, -0.25) is 0 Å². The maximum atomic E-state index is 9.91. The van der Waals surface area contributed by atoms with Crippen molar-refractivity contribution in [2.45, 2.75) is 25.3 Å². The lowest BCUT2D eigenvalue weighted by Crippen LogP contribution is -2.36. The lowest BCUT2D eigenvalue weighted by molar-refractivity contribution is 0.182. The second-order valence-electron chi connectivity index (χ2n) is 2.29. The first-order valence-corrected chi connectivity index (χ1v) is 3.25. The highest BCUT2D eigenvalue weighted by Gasteiger charge is 2.15. The fraction of sp³-hybridized carbons (Fsp3) is 1.00. The molecule has 0 aromatic heterocycles. The molecule has 0 heterocycles. The van der Waals surface area contributed by atoms with Crippen LogP contribution in [0.1, 0.15) is 19.3 Å². The first kappa shape index (κ1) is 6.05. The zero-order valence-corrected chi connectivity index (χ0v) is 5.02. The topological polar surface area (TPSA) is 31.9 Å². The van der Waals surface area contributed by atoms with E-state index in [-0.39, 0.29) is 6.61 Å². The summed E-state index contributed by atoms with van der Waals surface area (Å²) < 4.78 is 0. The summed E-state index contributed by atoms with van der Waals surface area (Å²) in [7, 11) is 0. The van der Waals surface area contributed by atoms with Gasteiger partial charge in [0.15, 0.2) is 0 Å². The highest BCUT2D eigenvalue weighted by atomic mass is 16.3. The average molecular weight is 114 g/mol. The van der Waals surface area contributed by atoms with Crippen LogP contribution in [0.5, 0.6) is 0 Å². The third-order valence-electron chi connectivity index (χ3n) is 1.64. The van der Waals surface area contributed by atoms with Gasteiger partial charge in [0.05, 0.1) is 6.61 Å². The van der Waals surface area contributed by atoms with Crippen LogP contribution in [-0.4, -0.2) is 19.2 Å². The Labute approximate surface area is 49.9 Å². The fourth-order valence-electron chi connectivity index (χ4n) is 0.875. The van der Waals surface area contributed by atoms with Crippen LogP contribution < -0.4 is 5.32 Å². The minimum Gasteiger partial charge on any atom is -0.312 e. The summed E-state index contributed by atoms with van der Waals surface area (Å²) in [6.07, 6.45) is 3.90. The summed E-state index contributed by atoms with van der Waals surface area (Å²) in [5.74, 6) is 0. The van der Waals surface area contributed by atoms with Gasteiger partial charge in [0, 0.05) is 12.6 Å². The minimum atomic E-state index is 0.0243. The van der Waals surface area contributed by atoms with E-state index in [4.69, 9.17) is 0 Å². The van der Waals surface area contributed by atoms with Gasteiger partial charge in [-0.25, -0.2) is 5.11 Å². The maximum absolute atomic E-state index is 9.91. The summed E-state index contributed by atoms with van der Waals surface area (Å²) in [5, 5.41) is 13.1. The smallest absolute Gasteiger partial charge is 0.0946 e. The number of hydrogen-bond donors (Lipinski definition) is 1. The van der Waals surface area contributed by atoms with Crippen molar-refractivity contribution in [1.82, 2.24) is 5.32 Å². The molecule has 1 N–H and O–H groups in total. The molecule has 47 valence electrons. The summed E-state index contributed by atoms with van der Waals surface area (Å²) in [5.41, 5.74) is 0. The molecule has 1 aliphatic carbocycles. The standard InChI is InChI=1S/C6H12NO/c8-5-4-7-6-2-1-3-6/h6-7H,1-5H2. The van der Waals surface area contributed by atoms with Gasteiger partial charge in [-0.15, -0.1) is 0 Å². The highest BCUT2D eigenvalue weighted by molar-refractivity contribution is 4.75. The lowest BCUT2D eigenvalue weighted by atomic mass is 9.93. The van der Waals surface area contributed by atoms with Crippen molar-refractivity contribution in [2.75, 3.05) is 13.2 Å². The molecule has 1 saturated carbocycles. The molecule has 0 spiro atoms. The van der Waals surface area contributed by atoms with Crippen molar-refractivity contribution in [3.05, 3.63) is 0 Å². The van der Waals surface area contributed by atoms with Crippen molar-refractivity contribution in [1.29, 1.82) is 0 Å². The second-order valence-corrected chi connectivity index (χ2v) is 2.29. The van der Waals surface area contributed by atoms with Gasteiger partial charge in [0.25, 0.3) is 0 Å².